The number of pyridine rings is 1. The minimum Gasteiger partial charge on any atom is -0.397 e. The van der Waals surface area contributed by atoms with Crippen molar-refractivity contribution in [3.8, 4) is 0 Å². The zero-order valence-corrected chi connectivity index (χ0v) is 13.2. The molecule has 2 aromatic rings. The maximum absolute atomic E-state index is 12.8. The molecule has 1 unspecified atom stereocenters. The Morgan fingerprint density at radius 2 is 2.38 bits per heavy atom. The van der Waals surface area contributed by atoms with Gasteiger partial charge in [-0.3, -0.25) is 4.79 Å². The molecule has 2 aromatic heterocycles. The maximum Gasteiger partial charge on any atom is 0.266 e. The highest BCUT2D eigenvalue weighted by atomic mass is 32.1. The van der Waals surface area contributed by atoms with E-state index in [1.165, 1.54) is 11.3 Å². The van der Waals surface area contributed by atoms with E-state index in [1.54, 1.807) is 6.20 Å². The summed E-state index contributed by atoms with van der Waals surface area (Å²) in [5.74, 6) is 0.0554. The van der Waals surface area contributed by atoms with E-state index >= 15 is 0 Å². The number of likely N-dealkylation sites (tertiary alicyclic amines) is 1. The van der Waals surface area contributed by atoms with Gasteiger partial charge in [-0.15, -0.1) is 11.3 Å². The number of anilines is 1. The summed E-state index contributed by atoms with van der Waals surface area (Å²) in [4.78, 5) is 22.7. The largest absolute Gasteiger partial charge is 0.397 e. The number of hydrogen-bond donors (Lipinski definition) is 1. The van der Waals surface area contributed by atoms with Crippen molar-refractivity contribution in [3.63, 3.8) is 0 Å². The van der Waals surface area contributed by atoms with Gasteiger partial charge in [0.1, 0.15) is 9.71 Å². The molecular weight excluding hydrogens is 284 g/mol. The van der Waals surface area contributed by atoms with Gasteiger partial charge in [-0.25, -0.2) is 4.98 Å². The highest BCUT2D eigenvalue weighted by Gasteiger charge is 2.32. The van der Waals surface area contributed by atoms with Crippen LogP contribution in [0.1, 0.15) is 22.5 Å². The second-order valence-corrected chi connectivity index (χ2v) is 6.76. The zero-order valence-electron chi connectivity index (χ0n) is 12.4. The quantitative estimate of drug-likeness (QED) is 0.942. The molecule has 0 saturated carbocycles. The maximum atomic E-state index is 12.8. The second-order valence-electron chi connectivity index (χ2n) is 5.76. The molecule has 5 nitrogen and oxygen atoms in total. The number of nitrogens with two attached hydrogens (primary N) is 1. The van der Waals surface area contributed by atoms with E-state index < -0.39 is 0 Å². The third-order valence-corrected chi connectivity index (χ3v) is 5.03. The molecule has 1 atom stereocenters. The number of likely N-dealkylation sites (N-methyl/N-ethyl adjacent to an activating group) is 1. The smallest absolute Gasteiger partial charge is 0.266 e. The topological polar surface area (TPSA) is 62.5 Å². The number of carbonyl (C=O) groups excluding carboxylic acids is 1. The molecule has 0 aliphatic carbocycles. The Balaban J connectivity index is 1.91. The number of aromatic nitrogens is 1. The van der Waals surface area contributed by atoms with Crippen molar-refractivity contribution in [2.24, 2.45) is 0 Å². The first-order chi connectivity index (χ1) is 10.1. The summed E-state index contributed by atoms with van der Waals surface area (Å²) in [7, 11) is 4.08. The highest BCUT2D eigenvalue weighted by molar-refractivity contribution is 7.21. The van der Waals surface area contributed by atoms with Crippen LogP contribution in [0.4, 0.5) is 5.69 Å². The minimum atomic E-state index is 0.0554. The number of rotatable bonds is 3. The van der Waals surface area contributed by atoms with Gasteiger partial charge in [-0.05, 0) is 39.1 Å². The number of carbonyl (C=O) groups is 1. The van der Waals surface area contributed by atoms with Crippen LogP contribution in [0.2, 0.25) is 0 Å². The van der Waals surface area contributed by atoms with Gasteiger partial charge >= 0.3 is 0 Å². The molecule has 1 fully saturated rings. The zero-order chi connectivity index (χ0) is 15.0. The molecule has 21 heavy (non-hydrogen) atoms. The summed E-state index contributed by atoms with van der Waals surface area (Å²) in [6, 6.07) is 4.06. The SMILES string of the molecule is CN(C)CC1CCCN1C(=O)c1sc2ncccc2c1N. The van der Waals surface area contributed by atoms with Crippen molar-refractivity contribution in [2.45, 2.75) is 18.9 Å². The molecule has 1 saturated heterocycles. The number of fused-ring (bicyclic) bond motifs is 1. The highest BCUT2D eigenvalue weighted by Crippen LogP contribution is 2.34. The predicted molar refractivity (Wildman–Crippen MR) is 86.6 cm³/mol. The fourth-order valence-electron chi connectivity index (χ4n) is 2.95. The van der Waals surface area contributed by atoms with Gasteiger partial charge < -0.3 is 15.5 Å². The van der Waals surface area contributed by atoms with Crippen LogP contribution in [0, 0.1) is 0 Å². The van der Waals surface area contributed by atoms with Gasteiger partial charge in [0, 0.05) is 30.7 Å². The third-order valence-electron chi connectivity index (χ3n) is 3.91. The molecule has 1 aliphatic heterocycles. The van der Waals surface area contributed by atoms with E-state index in [0.717, 1.165) is 36.1 Å². The van der Waals surface area contributed by atoms with Gasteiger partial charge in [0.2, 0.25) is 0 Å². The van der Waals surface area contributed by atoms with Gasteiger partial charge in [0.05, 0.1) is 5.69 Å². The van der Waals surface area contributed by atoms with E-state index in [0.29, 0.717) is 10.6 Å². The molecule has 0 bridgehead atoms. The molecule has 0 spiro atoms. The molecule has 3 rings (SSSR count). The average Bonchev–Trinajstić information content (AvgIpc) is 3.03. The Kier molecular flexibility index (Phi) is 3.82. The fourth-order valence-corrected chi connectivity index (χ4v) is 3.97. The molecule has 1 aliphatic rings. The van der Waals surface area contributed by atoms with Crippen molar-refractivity contribution in [1.82, 2.24) is 14.8 Å². The molecule has 0 aromatic carbocycles. The Bertz CT molecular complexity index is 667. The van der Waals surface area contributed by atoms with Gasteiger partial charge in [0.15, 0.2) is 0 Å². The number of amides is 1. The van der Waals surface area contributed by atoms with E-state index in [4.69, 9.17) is 5.73 Å². The summed E-state index contributed by atoms with van der Waals surface area (Å²) in [5, 5.41) is 0.884. The summed E-state index contributed by atoms with van der Waals surface area (Å²) in [5.41, 5.74) is 6.74. The molecular formula is C15H20N4OS. The summed E-state index contributed by atoms with van der Waals surface area (Å²) in [6.07, 6.45) is 3.86. The standard InChI is InChI=1S/C15H20N4OS/c1-18(2)9-10-5-4-8-19(10)15(20)13-12(16)11-6-3-7-17-14(11)21-13/h3,6-7,10H,4-5,8-9,16H2,1-2H3. The lowest BCUT2D eigenvalue weighted by atomic mass is 10.2. The van der Waals surface area contributed by atoms with Crippen molar-refractivity contribution in [3.05, 3.63) is 23.2 Å². The molecule has 0 radical (unpaired) electrons. The van der Waals surface area contributed by atoms with Crippen LogP contribution in [0.3, 0.4) is 0 Å². The lowest BCUT2D eigenvalue weighted by Crippen LogP contribution is -2.41. The molecule has 2 N–H and O–H groups in total. The van der Waals surface area contributed by atoms with E-state index in [1.807, 2.05) is 31.1 Å². The summed E-state index contributed by atoms with van der Waals surface area (Å²) in [6.45, 7) is 1.72. The van der Waals surface area contributed by atoms with Crippen LogP contribution in [0.5, 0.6) is 0 Å². The van der Waals surface area contributed by atoms with Crippen molar-refractivity contribution in [1.29, 1.82) is 0 Å². The third kappa shape index (κ3) is 2.61. The Labute approximate surface area is 128 Å². The Hall–Kier alpha value is -1.66. The minimum absolute atomic E-state index is 0.0554. The summed E-state index contributed by atoms with van der Waals surface area (Å²) < 4.78 is 0. The molecule has 112 valence electrons. The number of nitrogens with zero attached hydrogens (tertiary/aromatic N) is 3. The fraction of sp³-hybridized carbons (Fsp3) is 0.467. The van der Waals surface area contributed by atoms with Crippen LogP contribution in [0.15, 0.2) is 18.3 Å². The van der Waals surface area contributed by atoms with Crippen LogP contribution in [-0.2, 0) is 0 Å². The molecule has 6 heteroatoms. The Morgan fingerprint density at radius 3 is 3.10 bits per heavy atom. The van der Waals surface area contributed by atoms with Gasteiger partial charge in [0.25, 0.3) is 5.91 Å². The summed E-state index contributed by atoms with van der Waals surface area (Å²) >= 11 is 1.40. The van der Waals surface area contributed by atoms with E-state index in [9.17, 15) is 4.79 Å². The van der Waals surface area contributed by atoms with Gasteiger partial charge in [-0.2, -0.15) is 0 Å². The number of thiophene rings is 1. The van der Waals surface area contributed by atoms with Crippen LogP contribution in [0.25, 0.3) is 10.2 Å². The lowest BCUT2D eigenvalue weighted by molar-refractivity contribution is 0.0722. The Morgan fingerprint density at radius 1 is 1.57 bits per heavy atom. The monoisotopic (exact) mass is 304 g/mol. The van der Waals surface area contributed by atoms with E-state index in [-0.39, 0.29) is 11.9 Å². The van der Waals surface area contributed by atoms with Gasteiger partial charge in [-0.1, -0.05) is 0 Å². The average molecular weight is 304 g/mol. The lowest BCUT2D eigenvalue weighted by Gasteiger charge is -2.26. The first-order valence-corrected chi connectivity index (χ1v) is 7.98. The number of hydrogen-bond acceptors (Lipinski definition) is 5. The first-order valence-electron chi connectivity index (χ1n) is 7.16. The second kappa shape index (κ2) is 5.61. The van der Waals surface area contributed by atoms with Crippen molar-refractivity contribution < 1.29 is 4.79 Å². The molecule has 1 amide bonds. The first kappa shape index (κ1) is 14.3. The van der Waals surface area contributed by atoms with Crippen molar-refractivity contribution in [2.75, 3.05) is 32.9 Å². The van der Waals surface area contributed by atoms with Crippen LogP contribution < -0.4 is 5.73 Å². The number of nitrogen functional groups attached to an aromatic ring is 1. The van der Waals surface area contributed by atoms with E-state index in [2.05, 4.69) is 9.88 Å². The van der Waals surface area contributed by atoms with Crippen LogP contribution >= 0.6 is 11.3 Å². The molecule has 3 heterocycles. The predicted octanol–water partition coefficient (Wildman–Crippen LogP) is 2.04. The van der Waals surface area contributed by atoms with Crippen molar-refractivity contribution >= 4 is 33.1 Å². The van der Waals surface area contributed by atoms with Crippen LogP contribution in [-0.4, -0.2) is 53.9 Å². The normalized spacial score (nSPS) is 18.8.